The van der Waals surface area contributed by atoms with E-state index in [-0.39, 0.29) is 0 Å². The molecule has 2 unspecified atom stereocenters. The van der Waals surface area contributed by atoms with Crippen molar-refractivity contribution in [1.29, 1.82) is 0 Å². The molecule has 0 heterocycles. The Balaban J connectivity index is 2.48. The Morgan fingerprint density at radius 2 is 2.23 bits per heavy atom. The molecule has 0 spiro atoms. The molecule has 0 aliphatic heterocycles. The van der Waals surface area contributed by atoms with Gasteiger partial charge >= 0.3 is 0 Å². The maximum atomic E-state index is 5.67. The van der Waals surface area contributed by atoms with E-state index >= 15 is 0 Å². The Hall–Kier alpha value is -0.300. The standard InChI is InChI=1S/C12H22O/c1-5-13-11-7-6-10(4)12(8-11)9(2)3/h9,11-12H,4-8H2,1-3H3. The lowest BCUT2D eigenvalue weighted by Crippen LogP contribution is -2.27. The first-order valence-corrected chi connectivity index (χ1v) is 5.44. The summed E-state index contributed by atoms with van der Waals surface area (Å²) >= 11 is 0. The highest BCUT2D eigenvalue weighted by molar-refractivity contribution is 5.06. The predicted molar refractivity (Wildman–Crippen MR) is 56.7 cm³/mol. The lowest BCUT2D eigenvalue weighted by Gasteiger charge is -2.33. The van der Waals surface area contributed by atoms with E-state index in [1.165, 1.54) is 18.4 Å². The van der Waals surface area contributed by atoms with E-state index in [0.717, 1.165) is 18.9 Å². The van der Waals surface area contributed by atoms with Crippen LogP contribution >= 0.6 is 0 Å². The molecule has 0 N–H and O–H groups in total. The topological polar surface area (TPSA) is 9.23 Å². The lowest BCUT2D eigenvalue weighted by atomic mass is 9.77. The summed E-state index contributed by atoms with van der Waals surface area (Å²) in [6.45, 7) is 11.6. The molecule has 0 amide bonds. The average molecular weight is 182 g/mol. The minimum atomic E-state index is 0.489. The second kappa shape index (κ2) is 4.80. The highest BCUT2D eigenvalue weighted by Crippen LogP contribution is 2.34. The lowest BCUT2D eigenvalue weighted by molar-refractivity contribution is 0.0267. The average Bonchev–Trinajstić information content (AvgIpc) is 2.08. The number of rotatable bonds is 3. The van der Waals surface area contributed by atoms with E-state index in [9.17, 15) is 0 Å². The molecular weight excluding hydrogens is 160 g/mol. The van der Waals surface area contributed by atoms with Gasteiger partial charge in [-0.3, -0.25) is 0 Å². The zero-order valence-electron chi connectivity index (χ0n) is 9.18. The maximum absolute atomic E-state index is 5.67. The van der Waals surface area contributed by atoms with Gasteiger partial charge in [0.15, 0.2) is 0 Å². The highest BCUT2D eigenvalue weighted by Gasteiger charge is 2.26. The minimum Gasteiger partial charge on any atom is -0.378 e. The summed E-state index contributed by atoms with van der Waals surface area (Å²) in [5, 5.41) is 0. The van der Waals surface area contributed by atoms with Crippen LogP contribution in [0.1, 0.15) is 40.0 Å². The molecule has 0 radical (unpaired) electrons. The molecule has 1 fully saturated rings. The van der Waals surface area contributed by atoms with Gasteiger partial charge in [0, 0.05) is 6.61 Å². The SMILES string of the molecule is C=C1CCC(OCC)CC1C(C)C. The van der Waals surface area contributed by atoms with Crippen LogP contribution in [-0.2, 0) is 4.74 Å². The first-order valence-electron chi connectivity index (χ1n) is 5.44. The molecule has 1 rings (SSSR count). The fraction of sp³-hybridized carbons (Fsp3) is 0.833. The fourth-order valence-corrected chi connectivity index (χ4v) is 2.23. The summed E-state index contributed by atoms with van der Waals surface area (Å²) in [4.78, 5) is 0. The van der Waals surface area contributed by atoms with Crippen LogP contribution in [0.3, 0.4) is 0 Å². The normalized spacial score (nSPS) is 29.7. The maximum Gasteiger partial charge on any atom is 0.0583 e. The third-order valence-corrected chi connectivity index (χ3v) is 3.04. The summed E-state index contributed by atoms with van der Waals surface area (Å²) in [6.07, 6.45) is 4.01. The molecule has 0 aromatic carbocycles. The molecular formula is C12H22O. The van der Waals surface area contributed by atoms with Crippen LogP contribution in [0.25, 0.3) is 0 Å². The number of allylic oxidation sites excluding steroid dienone is 1. The second-order valence-corrected chi connectivity index (χ2v) is 4.36. The van der Waals surface area contributed by atoms with E-state index in [1.807, 2.05) is 0 Å². The fourth-order valence-electron chi connectivity index (χ4n) is 2.23. The van der Waals surface area contributed by atoms with Crippen molar-refractivity contribution in [3.05, 3.63) is 12.2 Å². The third kappa shape index (κ3) is 2.84. The quantitative estimate of drug-likeness (QED) is 0.608. The molecule has 2 atom stereocenters. The van der Waals surface area contributed by atoms with Crippen LogP contribution in [0.4, 0.5) is 0 Å². The zero-order chi connectivity index (χ0) is 9.84. The highest BCUT2D eigenvalue weighted by atomic mass is 16.5. The van der Waals surface area contributed by atoms with E-state index in [0.29, 0.717) is 12.0 Å². The molecule has 0 bridgehead atoms. The number of ether oxygens (including phenoxy) is 1. The Morgan fingerprint density at radius 1 is 1.54 bits per heavy atom. The van der Waals surface area contributed by atoms with Crippen molar-refractivity contribution in [1.82, 2.24) is 0 Å². The van der Waals surface area contributed by atoms with Crippen molar-refractivity contribution >= 4 is 0 Å². The largest absolute Gasteiger partial charge is 0.378 e. The number of hydrogen-bond acceptors (Lipinski definition) is 1. The van der Waals surface area contributed by atoms with Crippen LogP contribution in [-0.4, -0.2) is 12.7 Å². The van der Waals surface area contributed by atoms with Gasteiger partial charge in [0.2, 0.25) is 0 Å². The molecule has 0 aromatic heterocycles. The van der Waals surface area contributed by atoms with Gasteiger partial charge in [-0.15, -0.1) is 0 Å². The van der Waals surface area contributed by atoms with E-state index in [1.54, 1.807) is 0 Å². The molecule has 1 aliphatic carbocycles. The molecule has 1 heteroatoms. The second-order valence-electron chi connectivity index (χ2n) is 4.36. The third-order valence-electron chi connectivity index (χ3n) is 3.04. The van der Waals surface area contributed by atoms with Crippen LogP contribution < -0.4 is 0 Å². The summed E-state index contributed by atoms with van der Waals surface area (Å²) < 4.78 is 5.67. The monoisotopic (exact) mass is 182 g/mol. The predicted octanol–water partition coefficient (Wildman–Crippen LogP) is 3.40. The van der Waals surface area contributed by atoms with Gasteiger partial charge in [0.1, 0.15) is 0 Å². The molecule has 13 heavy (non-hydrogen) atoms. The van der Waals surface area contributed by atoms with Crippen LogP contribution in [0.5, 0.6) is 0 Å². The molecule has 1 aliphatic rings. The van der Waals surface area contributed by atoms with Crippen molar-refractivity contribution < 1.29 is 4.74 Å². The Kier molecular flexibility index (Phi) is 3.98. The smallest absolute Gasteiger partial charge is 0.0583 e. The minimum absolute atomic E-state index is 0.489. The van der Waals surface area contributed by atoms with Crippen molar-refractivity contribution in [3.63, 3.8) is 0 Å². The summed E-state index contributed by atoms with van der Waals surface area (Å²) in [5.74, 6) is 1.40. The molecule has 0 saturated heterocycles. The summed E-state index contributed by atoms with van der Waals surface area (Å²) in [5.41, 5.74) is 1.44. The van der Waals surface area contributed by atoms with Crippen molar-refractivity contribution in [2.75, 3.05) is 6.61 Å². The van der Waals surface area contributed by atoms with Gasteiger partial charge in [-0.05, 0) is 38.0 Å². The van der Waals surface area contributed by atoms with E-state index in [4.69, 9.17) is 4.74 Å². The van der Waals surface area contributed by atoms with Crippen LogP contribution in [0.2, 0.25) is 0 Å². The molecule has 1 saturated carbocycles. The molecule has 1 nitrogen and oxygen atoms in total. The van der Waals surface area contributed by atoms with Gasteiger partial charge < -0.3 is 4.74 Å². The van der Waals surface area contributed by atoms with Gasteiger partial charge in [0.05, 0.1) is 6.10 Å². The van der Waals surface area contributed by atoms with E-state index in [2.05, 4.69) is 27.4 Å². The van der Waals surface area contributed by atoms with Gasteiger partial charge in [0.25, 0.3) is 0 Å². The van der Waals surface area contributed by atoms with Crippen LogP contribution in [0, 0.1) is 11.8 Å². The summed E-state index contributed by atoms with van der Waals surface area (Å²) in [6, 6.07) is 0. The van der Waals surface area contributed by atoms with Crippen molar-refractivity contribution in [2.45, 2.75) is 46.1 Å². The van der Waals surface area contributed by atoms with Crippen molar-refractivity contribution in [3.8, 4) is 0 Å². The first kappa shape index (κ1) is 10.8. The Bertz CT molecular complexity index is 172. The number of hydrogen-bond donors (Lipinski definition) is 0. The molecule has 76 valence electrons. The molecule has 0 aromatic rings. The zero-order valence-corrected chi connectivity index (χ0v) is 9.18. The Morgan fingerprint density at radius 3 is 2.77 bits per heavy atom. The Labute approximate surface area is 82.2 Å². The van der Waals surface area contributed by atoms with Crippen molar-refractivity contribution in [2.24, 2.45) is 11.8 Å². The van der Waals surface area contributed by atoms with Gasteiger partial charge in [-0.1, -0.05) is 26.0 Å². The summed E-state index contributed by atoms with van der Waals surface area (Å²) in [7, 11) is 0. The first-order chi connectivity index (χ1) is 6.15. The van der Waals surface area contributed by atoms with Crippen LogP contribution in [0.15, 0.2) is 12.2 Å². The van der Waals surface area contributed by atoms with Gasteiger partial charge in [-0.2, -0.15) is 0 Å². The van der Waals surface area contributed by atoms with E-state index < -0.39 is 0 Å². The van der Waals surface area contributed by atoms with Gasteiger partial charge in [-0.25, -0.2) is 0 Å².